The summed E-state index contributed by atoms with van der Waals surface area (Å²) in [5, 5.41) is 2.62. The molecule has 1 aliphatic rings. The van der Waals surface area contributed by atoms with Crippen molar-refractivity contribution in [3.05, 3.63) is 30.3 Å². The normalized spacial score (nSPS) is 19.4. The molecule has 1 aromatic carbocycles. The molecule has 2 amide bonds. The van der Waals surface area contributed by atoms with Crippen LogP contribution in [0.5, 0.6) is 0 Å². The molecule has 1 aliphatic heterocycles. The molecule has 4 nitrogen and oxygen atoms in total. The molecule has 1 aromatic rings. The van der Waals surface area contributed by atoms with E-state index in [0.29, 0.717) is 24.7 Å². The van der Waals surface area contributed by atoms with Crippen molar-refractivity contribution in [2.75, 3.05) is 18.4 Å². The zero-order valence-electron chi connectivity index (χ0n) is 10.6. The summed E-state index contributed by atoms with van der Waals surface area (Å²) in [6, 6.07) is 9.05. The van der Waals surface area contributed by atoms with Crippen molar-refractivity contribution in [3.8, 4) is 0 Å². The van der Waals surface area contributed by atoms with E-state index in [1.165, 1.54) is 0 Å². The van der Waals surface area contributed by atoms with Gasteiger partial charge in [-0.2, -0.15) is 0 Å². The Hall–Kier alpha value is -1.84. The molecular formula is C14H18N2O2. The van der Waals surface area contributed by atoms with E-state index in [1.807, 2.05) is 18.2 Å². The molecule has 1 unspecified atom stereocenters. The zero-order chi connectivity index (χ0) is 13.0. The fourth-order valence-corrected chi connectivity index (χ4v) is 2.22. The number of hydrogen-bond acceptors (Lipinski definition) is 2. The lowest BCUT2D eigenvalue weighted by Gasteiger charge is -2.30. The molecule has 0 saturated carbocycles. The van der Waals surface area contributed by atoms with Gasteiger partial charge in [0.25, 0.3) is 0 Å². The standard InChI is InChI=1S/C14H18N2O2/c1-11-6-5-9-16(10-11)14(18)13(17)15-12-7-3-2-4-8-12/h2-4,7-8,11H,5-6,9-10H2,1H3,(H,15,17). The molecule has 2 rings (SSSR count). The quantitative estimate of drug-likeness (QED) is 0.769. The third kappa shape index (κ3) is 3.09. The van der Waals surface area contributed by atoms with Crippen LogP contribution in [0.4, 0.5) is 5.69 Å². The van der Waals surface area contributed by atoms with Gasteiger partial charge in [0, 0.05) is 18.8 Å². The van der Waals surface area contributed by atoms with Gasteiger partial charge >= 0.3 is 11.8 Å². The fraction of sp³-hybridized carbons (Fsp3) is 0.429. The second-order valence-corrected chi connectivity index (χ2v) is 4.82. The van der Waals surface area contributed by atoms with E-state index in [2.05, 4.69) is 12.2 Å². The summed E-state index contributed by atoms with van der Waals surface area (Å²) >= 11 is 0. The molecule has 0 bridgehead atoms. The van der Waals surface area contributed by atoms with E-state index >= 15 is 0 Å². The number of carbonyl (C=O) groups excluding carboxylic acids is 2. The van der Waals surface area contributed by atoms with Crippen LogP contribution in [0.3, 0.4) is 0 Å². The Bertz CT molecular complexity index is 431. The average Bonchev–Trinajstić information content (AvgIpc) is 2.39. The lowest BCUT2D eigenvalue weighted by atomic mass is 10.0. The van der Waals surface area contributed by atoms with Crippen molar-refractivity contribution in [1.82, 2.24) is 4.90 Å². The molecule has 0 aliphatic carbocycles. The van der Waals surface area contributed by atoms with Crippen LogP contribution < -0.4 is 5.32 Å². The number of piperidine rings is 1. The summed E-state index contributed by atoms with van der Waals surface area (Å²) in [4.78, 5) is 25.4. The van der Waals surface area contributed by atoms with Gasteiger partial charge in [0.2, 0.25) is 0 Å². The minimum Gasteiger partial charge on any atom is -0.334 e. The number of benzene rings is 1. The lowest BCUT2D eigenvalue weighted by molar-refractivity contribution is -0.144. The zero-order valence-corrected chi connectivity index (χ0v) is 10.6. The fourth-order valence-electron chi connectivity index (χ4n) is 2.22. The van der Waals surface area contributed by atoms with Crippen LogP contribution >= 0.6 is 0 Å². The number of nitrogens with one attached hydrogen (secondary N) is 1. The Morgan fingerprint density at radius 3 is 2.67 bits per heavy atom. The number of hydrogen-bond donors (Lipinski definition) is 1. The Labute approximate surface area is 107 Å². The highest BCUT2D eigenvalue weighted by Crippen LogP contribution is 2.16. The molecule has 0 spiro atoms. The van der Waals surface area contributed by atoms with Gasteiger partial charge in [-0.05, 0) is 30.9 Å². The highest BCUT2D eigenvalue weighted by Gasteiger charge is 2.25. The van der Waals surface area contributed by atoms with Crippen LogP contribution in [-0.4, -0.2) is 29.8 Å². The maximum Gasteiger partial charge on any atom is 0.313 e. The van der Waals surface area contributed by atoms with Crippen molar-refractivity contribution < 1.29 is 9.59 Å². The Morgan fingerprint density at radius 2 is 2.00 bits per heavy atom. The molecule has 1 heterocycles. The van der Waals surface area contributed by atoms with Gasteiger partial charge in [-0.3, -0.25) is 9.59 Å². The Balaban J connectivity index is 1.94. The molecule has 0 radical (unpaired) electrons. The summed E-state index contributed by atoms with van der Waals surface area (Å²) in [5.74, 6) is -0.493. The number of nitrogens with zero attached hydrogens (tertiary/aromatic N) is 1. The topological polar surface area (TPSA) is 49.4 Å². The van der Waals surface area contributed by atoms with Crippen LogP contribution in [-0.2, 0) is 9.59 Å². The summed E-state index contributed by atoms with van der Waals surface area (Å²) < 4.78 is 0. The summed E-state index contributed by atoms with van der Waals surface area (Å²) in [6.07, 6.45) is 2.11. The third-order valence-corrected chi connectivity index (χ3v) is 3.17. The molecule has 96 valence electrons. The van der Waals surface area contributed by atoms with Crippen LogP contribution in [0.25, 0.3) is 0 Å². The van der Waals surface area contributed by atoms with Crippen molar-refractivity contribution in [2.45, 2.75) is 19.8 Å². The first-order valence-electron chi connectivity index (χ1n) is 6.32. The number of rotatable bonds is 1. The van der Waals surface area contributed by atoms with Crippen molar-refractivity contribution in [2.24, 2.45) is 5.92 Å². The van der Waals surface area contributed by atoms with Crippen LogP contribution in [0.2, 0.25) is 0 Å². The Kier molecular flexibility index (Phi) is 3.97. The van der Waals surface area contributed by atoms with Gasteiger partial charge in [-0.25, -0.2) is 0 Å². The van der Waals surface area contributed by atoms with Gasteiger partial charge in [-0.1, -0.05) is 25.1 Å². The maximum atomic E-state index is 12.0. The summed E-state index contributed by atoms with van der Waals surface area (Å²) in [5.41, 5.74) is 0.654. The highest BCUT2D eigenvalue weighted by atomic mass is 16.2. The third-order valence-electron chi connectivity index (χ3n) is 3.17. The van der Waals surface area contributed by atoms with E-state index in [4.69, 9.17) is 0 Å². The van der Waals surface area contributed by atoms with Gasteiger partial charge in [0.1, 0.15) is 0 Å². The number of anilines is 1. The summed E-state index contributed by atoms with van der Waals surface area (Å²) in [7, 11) is 0. The molecule has 4 heteroatoms. The monoisotopic (exact) mass is 246 g/mol. The average molecular weight is 246 g/mol. The van der Waals surface area contributed by atoms with Gasteiger partial charge in [0.05, 0.1) is 0 Å². The van der Waals surface area contributed by atoms with Crippen LogP contribution in [0.15, 0.2) is 30.3 Å². The molecule has 1 atom stereocenters. The Morgan fingerprint density at radius 1 is 1.28 bits per heavy atom. The smallest absolute Gasteiger partial charge is 0.313 e. The van der Waals surface area contributed by atoms with Gasteiger partial charge < -0.3 is 10.2 Å². The number of amides is 2. The second kappa shape index (κ2) is 5.67. The molecule has 1 saturated heterocycles. The first-order valence-corrected chi connectivity index (χ1v) is 6.32. The maximum absolute atomic E-state index is 12.0. The lowest BCUT2D eigenvalue weighted by Crippen LogP contribution is -2.44. The first kappa shape index (κ1) is 12.6. The number of likely N-dealkylation sites (tertiary alicyclic amines) is 1. The van der Waals surface area contributed by atoms with Gasteiger partial charge in [0.15, 0.2) is 0 Å². The minimum atomic E-state index is -0.546. The molecule has 1 fully saturated rings. The predicted octanol–water partition coefficient (Wildman–Crippen LogP) is 1.88. The predicted molar refractivity (Wildman–Crippen MR) is 70.0 cm³/mol. The molecule has 1 N–H and O–H groups in total. The number of carbonyl (C=O) groups is 2. The molecule has 18 heavy (non-hydrogen) atoms. The first-order chi connectivity index (χ1) is 8.66. The highest BCUT2D eigenvalue weighted by molar-refractivity contribution is 6.39. The largest absolute Gasteiger partial charge is 0.334 e. The van der Waals surface area contributed by atoms with Crippen molar-refractivity contribution in [1.29, 1.82) is 0 Å². The molecular weight excluding hydrogens is 228 g/mol. The minimum absolute atomic E-state index is 0.426. The van der Waals surface area contributed by atoms with E-state index in [-0.39, 0.29) is 0 Å². The SMILES string of the molecule is CC1CCCN(C(=O)C(=O)Nc2ccccc2)C1. The van der Waals surface area contributed by atoms with Crippen molar-refractivity contribution >= 4 is 17.5 Å². The van der Waals surface area contributed by atoms with Crippen molar-refractivity contribution in [3.63, 3.8) is 0 Å². The molecule has 0 aromatic heterocycles. The number of para-hydroxylation sites is 1. The second-order valence-electron chi connectivity index (χ2n) is 4.82. The van der Waals surface area contributed by atoms with Crippen LogP contribution in [0.1, 0.15) is 19.8 Å². The van der Waals surface area contributed by atoms with E-state index in [1.54, 1.807) is 17.0 Å². The van der Waals surface area contributed by atoms with E-state index in [0.717, 1.165) is 12.8 Å². The van der Waals surface area contributed by atoms with E-state index < -0.39 is 11.8 Å². The van der Waals surface area contributed by atoms with Gasteiger partial charge in [-0.15, -0.1) is 0 Å². The van der Waals surface area contributed by atoms with Crippen LogP contribution in [0, 0.1) is 5.92 Å². The van der Waals surface area contributed by atoms with E-state index in [9.17, 15) is 9.59 Å². The summed E-state index contributed by atoms with van der Waals surface area (Å²) in [6.45, 7) is 3.47.